The first-order valence-electron chi connectivity index (χ1n) is 17.4. The number of piperazine rings is 1. The van der Waals surface area contributed by atoms with Crippen LogP contribution >= 0.6 is 0 Å². The number of aryl methyl sites for hydroxylation is 1. The molecule has 0 spiro atoms. The zero-order chi connectivity index (χ0) is 34.9. The van der Waals surface area contributed by atoms with Gasteiger partial charge in [0.2, 0.25) is 0 Å². The van der Waals surface area contributed by atoms with Crippen molar-refractivity contribution in [3.8, 4) is 16.9 Å². The maximum atomic E-state index is 13.9. The molecule has 0 bridgehead atoms. The van der Waals surface area contributed by atoms with E-state index in [1.165, 1.54) is 20.4 Å². The predicted octanol–water partition coefficient (Wildman–Crippen LogP) is 4.08. The lowest BCUT2D eigenvalue weighted by atomic mass is 9.90. The standard InChI is InChI=1S/C38H44N8O4/c1-23-19-43(28-21-50-22-28)10-11-44(23)27-6-7-33(40-18-27)41-30-14-26(20-42(5)36(30)48)29-8-9-39-35(34(29)24(2)47)46-13-12-45-31(37(46)49)15-25-16-38(3,4)17-32(25)45/h6-9,12-15,18,20,23-24,28,47H,10-11,16-17,19,21-22H2,1-5H3,(H,40,41)/t23-,24?/m0/s1. The van der Waals surface area contributed by atoms with Crippen molar-refractivity contribution in [1.29, 1.82) is 0 Å². The quantitative estimate of drug-likeness (QED) is 0.263. The number of ether oxygens (including phenoxy) is 1. The highest BCUT2D eigenvalue weighted by atomic mass is 16.5. The van der Waals surface area contributed by atoms with E-state index in [0.29, 0.717) is 51.6 Å². The van der Waals surface area contributed by atoms with Gasteiger partial charge in [0.25, 0.3) is 11.1 Å². The van der Waals surface area contributed by atoms with E-state index in [-0.39, 0.29) is 16.5 Å². The van der Waals surface area contributed by atoms with Gasteiger partial charge in [0, 0.05) is 74.3 Å². The fraction of sp³-hybridized carbons (Fsp3) is 0.421. The minimum absolute atomic E-state index is 0.166. The molecule has 0 saturated carbocycles. The van der Waals surface area contributed by atoms with Crippen LogP contribution in [0.4, 0.5) is 17.2 Å². The molecule has 1 unspecified atom stereocenters. The summed E-state index contributed by atoms with van der Waals surface area (Å²) < 4.78 is 10.4. The molecule has 12 heteroatoms. The van der Waals surface area contributed by atoms with Crippen molar-refractivity contribution in [1.82, 2.24) is 28.4 Å². The van der Waals surface area contributed by atoms with Crippen LogP contribution in [0, 0.1) is 5.41 Å². The van der Waals surface area contributed by atoms with E-state index in [0.717, 1.165) is 51.4 Å². The lowest BCUT2D eigenvalue weighted by molar-refractivity contribution is -0.0691. The second-order valence-corrected chi connectivity index (χ2v) is 14.9. The number of hydrogen-bond donors (Lipinski definition) is 2. The molecule has 0 aromatic carbocycles. The average molecular weight is 677 g/mol. The van der Waals surface area contributed by atoms with E-state index < -0.39 is 6.10 Å². The lowest BCUT2D eigenvalue weighted by Crippen LogP contribution is -2.59. The van der Waals surface area contributed by atoms with Crippen LogP contribution in [0.1, 0.15) is 50.6 Å². The van der Waals surface area contributed by atoms with Crippen molar-refractivity contribution in [3.05, 3.63) is 98.8 Å². The summed E-state index contributed by atoms with van der Waals surface area (Å²) in [5.41, 5.74) is 5.94. The summed E-state index contributed by atoms with van der Waals surface area (Å²) >= 11 is 0. The van der Waals surface area contributed by atoms with E-state index in [4.69, 9.17) is 4.74 Å². The molecule has 3 aliphatic rings. The van der Waals surface area contributed by atoms with Crippen molar-refractivity contribution >= 4 is 22.7 Å². The van der Waals surface area contributed by atoms with E-state index in [1.807, 2.05) is 35.0 Å². The minimum Gasteiger partial charge on any atom is -0.389 e. The molecule has 2 fully saturated rings. The Morgan fingerprint density at radius 1 is 1.04 bits per heavy atom. The van der Waals surface area contributed by atoms with Crippen LogP contribution in [-0.2, 0) is 24.6 Å². The molecular formula is C38H44N8O4. The van der Waals surface area contributed by atoms with E-state index >= 15 is 0 Å². The number of pyridine rings is 3. The number of fused-ring (bicyclic) bond motifs is 3. The molecule has 1 aliphatic carbocycles. The van der Waals surface area contributed by atoms with Gasteiger partial charge in [0.05, 0.1) is 37.2 Å². The summed E-state index contributed by atoms with van der Waals surface area (Å²) in [5, 5.41) is 14.4. The Balaban J connectivity index is 1.09. The highest BCUT2D eigenvalue weighted by molar-refractivity contribution is 5.74. The van der Waals surface area contributed by atoms with Crippen molar-refractivity contribution in [3.63, 3.8) is 0 Å². The molecule has 8 rings (SSSR count). The molecule has 5 aromatic heterocycles. The van der Waals surface area contributed by atoms with Crippen LogP contribution in [0.25, 0.3) is 22.5 Å². The van der Waals surface area contributed by atoms with Crippen LogP contribution in [0.2, 0.25) is 0 Å². The number of aliphatic hydroxyl groups is 1. The number of aliphatic hydroxyl groups excluding tert-OH is 1. The molecule has 7 heterocycles. The Labute approximate surface area is 290 Å². The Bertz CT molecular complexity index is 2210. The van der Waals surface area contributed by atoms with Crippen molar-refractivity contribution in [2.45, 2.75) is 58.7 Å². The van der Waals surface area contributed by atoms with Crippen LogP contribution in [0.5, 0.6) is 0 Å². The topological polar surface area (TPSA) is 122 Å². The van der Waals surface area contributed by atoms with Gasteiger partial charge in [-0.1, -0.05) is 13.8 Å². The van der Waals surface area contributed by atoms with Gasteiger partial charge in [0.15, 0.2) is 0 Å². The molecule has 12 nitrogen and oxygen atoms in total. The summed E-state index contributed by atoms with van der Waals surface area (Å²) in [4.78, 5) is 41.4. The Morgan fingerprint density at radius 2 is 1.86 bits per heavy atom. The van der Waals surface area contributed by atoms with Gasteiger partial charge in [-0.15, -0.1) is 0 Å². The van der Waals surface area contributed by atoms with Gasteiger partial charge >= 0.3 is 0 Å². The molecule has 2 atom stereocenters. The lowest BCUT2D eigenvalue weighted by Gasteiger charge is -2.46. The fourth-order valence-electron chi connectivity index (χ4n) is 8.00. The Morgan fingerprint density at radius 3 is 2.56 bits per heavy atom. The van der Waals surface area contributed by atoms with Crippen molar-refractivity contribution in [2.75, 3.05) is 43.1 Å². The second-order valence-electron chi connectivity index (χ2n) is 14.9. The fourth-order valence-corrected chi connectivity index (χ4v) is 8.00. The third kappa shape index (κ3) is 5.61. The van der Waals surface area contributed by atoms with Gasteiger partial charge in [-0.3, -0.25) is 19.1 Å². The van der Waals surface area contributed by atoms with Gasteiger partial charge in [-0.25, -0.2) is 9.97 Å². The first kappa shape index (κ1) is 32.4. The molecular weight excluding hydrogens is 632 g/mol. The number of hydrogen-bond acceptors (Lipinski definition) is 9. The SMILES string of the molecule is CC(O)c1c(-c2cc(Nc3ccc(N4CCN(C5COC5)C[C@@H]4C)cn3)c(=O)n(C)c2)ccnc1-n1ccn2c3c(cc2c1=O)CC(C)(C)C3. The van der Waals surface area contributed by atoms with Gasteiger partial charge in [0.1, 0.15) is 22.8 Å². The Hall–Kier alpha value is -4.78. The summed E-state index contributed by atoms with van der Waals surface area (Å²) in [6.45, 7) is 12.9. The zero-order valence-electron chi connectivity index (χ0n) is 29.3. The van der Waals surface area contributed by atoms with Crippen LogP contribution < -0.4 is 21.3 Å². The highest BCUT2D eigenvalue weighted by Gasteiger charge is 2.33. The van der Waals surface area contributed by atoms with E-state index in [2.05, 4.69) is 45.9 Å². The minimum atomic E-state index is -0.955. The molecule has 2 N–H and O–H groups in total. The first-order valence-corrected chi connectivity index (χ1v) is 17.4. The number of nitrogens with zero attached hydrogens (tertiary/aromatic N) is 7. The molecule has 0 amide bonds. The van der Waals surface area contributed by atoms with Crippen LogP contribution in [-0.4, -0.2) is 78.4 Å². The zero-order valence-corrected chi connectivity index (χ0v) is 29.3. The normalized spacial score (nSPS) is 19.8. The van der Waals surface area contributed by atoms with Gasteiger partial charge in [-0.05, 0) is 73.6 Å². The molecule has 2 aliphatic heterocycles. The van der Waals surface area contributed by atoms with E-state index in [9.17, 15) is 14.7 Å². The summed E-state index contributed by atoms with van der Waals surface area (Å²) in [6, 6.07) is 10.4. The van der Waals surface area contributed by atoms with Crippen molar-refractivity contribution < 1.29 is 9.84 Å². The third-order valence-corrected chi connectivity index (χ3v) is 10.6. The summed E-state index contributed by atoms with van der Waals surface area (Å²) in [6.07, 6.45) is 9.73. The highest BCUT2D eigenvalue weighted by Crippen LogP contribution is 2.38. The van der Waals surface area contributed by atoms with Crippen molar-refractivity contribution in [2.24, 2.45) is 12.5 Å². The average Bonchev–Trinajstić information content (AvgIpc) is 3.55. The number of aromatic nitrogens is 5. The largest absolute Gasteiger partial charge is 0.389 e. The number of anilines is 3. The predicted molar refractivity (Wildman–Crippen MR) is 194 cm³/mol. The molecule has 0 radical (unpaired) electrons. The van der Waals surface area contributed by atoms with Gasteiger partial charge in [-0.2, -0.15) is 0 Å². The van der Waals surface area contributed by atoms with Crippen LogP contribution in [0.15, 0.2) is 70.9 Å². The van der Waals surface area contributed by atoms with Gasteiger partial charge < -0.3 is 29.0 Å². The maximum Gasteiger partial charge on any atom is 0.280 e. The second kappa shape index (κ2) is 12.2. The van der Waals surface area contributed by atoms with Crippen LogP contribution in [0.3, 0.4) is 0 Å². The monoisotopic (exact) mass is 676 g/mol. The summed E-state index contributed by atoms with van der Waals surface area (Å²) in [7, 11) is 1.69. The molecule has 2 saturated heterocycles. The third-order valence-electron chi connectivity index (χ3n) is 10.6. The smallest absolute Gasteiger partial charge is 0.280 e. The maximum absolute atomic E-state index is 13.9. The molecule has 260 valence electrons. The first-order chi connectivity index (χ1) is 24.0. The summed E-state index contributed by atoms with van der Waals surface area (Å²) in [5.74, 6) is 0.901. The number of nitrogens with one attached hydrogen (secondary N) is 1. The van der Waals surface area contributed by atoms with E-state index in [1.54, 1.807) is 44.7 Å². The molecule has 50 heavy (non-hydrogen) atoms. The molecule has 5 aromatic rings. The Kier molecular flexibility index (Phi) is 7.92. The number of rotatable bonds is 7.